The van der Waals surface area contributed by atoms with Crippen molar-refractivity contribution in [2.75, 3.05) is 19.0 Å². The summed E-state index contributed by atoms with van der Waals surface area (Å²) < 4.78 is 12.9. The monoisotopic (exact) mass is 364 g/mol. The number of hydrogen-bond acceptors (Lipinski definition) is 3. The molecule has 0 unspecified atom stereocenters. The van der Waals surface area contributed by atoms with Gasteiger partial charge in [-0.1, -0.05) is 12.1 Å². The number of ether oxygens (including phenoxy) is 2. The number of methoxy groups -OCH3 is 1. The number of amides is 1. The third kappa shape index (κ3) is 3.82. The summed E-state index contributed by atoms with van der Waals surface area (Å²) in [6, 6.07) is 17.1. The second kappa shape index (κ2) is 7.99. The maximum absolute atomic E-state index is 12.9. The fraction of sp³-hybridized carbons (Fsp3) is 0.227. The van der Waals surface area contributed by atoms with E-state index in [2.05, 4.69) is 9.88 Å². The number of nitrogens with one attached hydrogen (secondary N) is 1. The van der Waals surface area contributed by atoms with Crippen LogP contribution in [0.3, 0.4) is 0 Å². The average molecular weight is 364 g/mol. The minimum atomic E-state index is -0.157. The minimum Gasteiger partial charge on any atom is -0.497 e. The Hall–Kier alpha value is -3.21. The largest absolute Gasteiger partial charge is 0.497 e. The second-order valence-corrected chi connectivity index (χ2v) is 6.20. The van der Waals surface area contributed by atoms with Crippen LogP contribution in [0.25, 0.3) is 5.69 Å². The lowest BCUT2D eigenvalue weighted by Gasteiger charge is -2.12. The van der Waals surface area contributed by atoms with Crippen molar-refractivity contribution in [2.45, 2.75) is 20.8 Å². The number of rotatable bonds is 6. The van der Waals surface area contributed by atoms with Crippen molar-refractivity contribution in [1.82, 2.24) is 4.57 Å². The van der Waals surface area contributed by atoms with Crippen LogP contribution in [0.1, 0.15) is 28.7 Å². The number of nitrogens with zero attached hydrogens (tertiary/aromatic N) is 1. The first kappa shape index (κ1) is 18.6. The van der Waals surface area contributed by atoms with E-state index in [1.165, 1.54) is 0 Å². The zero-order valence-electron chi connectivity index (χ0n) is 16.1. The molecule has 0 atom stereocenters. The lowest BCUT2D eigenvalue weighted by molar-refractivity contribution is 0.102. The van der Waals surface area contributed by atoms with E-state index in [9.17, 15) is 4.79 Å². The molecule has 5 nitrogen and oxygen atoms in total. The molecular weight excluding hydrogens is 340 g/mol. The van der Waals surface area contributed by atoms with Gasteiger partial charge in [-0.05, 0) is 63.2 Å². The smallest absolute Gasteiger partial charge is 0.257 e. The van der Waals surface area contributed by atoms with E-state index < -0.39 is 0 Å². The number of carbonyl (C=O) groups is 1. The van der Waals surface area contributed by atoms with Crippen LogP contribution in [0.4, 0.5) is 5.69 Å². The molecule has 3 aromatic rings. The van der Waals surface area contributed by atoms with Crippen LogP contribution in [-0.2, 0) is 0 Å². The third-order valence-corrected chi connectivity index (χ3v) is 4.44. The highest BCUT2D eigenvalue weighted by molar-refractivity contribution is 6.06. The van der Waals surface area contributed by atoms with Crippen LogP contribution in [0.15, 0.2) is 54.6 Å². The SMILES string of the molecule is CCOc1ccccc1NC(=O)c1cc(C)n(-c2ccc(OC)cc2)c1C. The highest BCUT2D eigenvalue weighted by Crippen LogP contribution is 2.27. The summed E-state index contributed by atoms with van der Waals surface area (Å²) >= 11 is 0. The van der Waals surface area contributed by atoms with E-state index in [1.807, 2.05) is 75.4 Å². The van der Waals surface area contributed by atoms with Crippen molar-refractivity contribution in [1.29, 1.82) is 0 Å². The Morgan fingerprint density at radius 3 is 2.44 bits per heavy atom. The molecule has 0 saturated heterocycles. The Kier molecular flexibility index (Phi) is 5.50. The van der Waals surface area contributed by atoms with Gasteiger partial charge in [0.25, 0.3) is 5.91 Å². The molecule has 5 heteroatoms. The Morgan fingerprint density at radius 1 is 1.07 bits per heavy atom. The Labute approximate surface area is 159 Å². The predicted octanol–water partition coefficient (Wildman–Crippen LogP) is 4.75. The standard InChI is InChI=1S/C22H24N2O3/c1-5-27-21-9-7-6-8-20(21)23-22(25)19-14-15(2)24(16(19)3)17-10-12-18(26-4)13-11-17/h6-14H,5H2,1-4H3,(H,23,25). The molecule has 1 aromatic heterocycles. The van der Waals surface area contributed by atoms with Gasteiger partial charge in [0.05, 0.1) is 25.0 Å². The van der Waals surface area contributed by atoms with Crippen LogP contribution < -0.4 is 14.8 Å². The number of benzene rings is 2. The summed E-state index contributed by atoms with van der Waals surface area (Å²) in [7, 11) is 1.64. The summed E-state index contributed by atoms with van der Waals surface area (Å²) in [5.41, 5.74) is 4.15. The summed E-state index contributed by atoms with van der Waals surface area (Å²) in [4.78, 5) is 12.9. The van der Waals surface area contributed by atoms with Gasteiger partial charge in [-0.2, -0.15) is 0 Å². The molecule has 0 bridgehead atoms. The van der Waals surface area contributed by atoms with Crippen molar-refractivity contribution >= 4 is 11.6 Å². The molecular formula is C22H24N2O3. The molecule has 0 fully saturated rings. The minimum absolute atomic E-state index is 0.157. The van der Waals surface area contributed by atoms with Crippen LogP contribution >= 0.6 is 0 Å². The van der Waals surface area contributed by atoms with Gasteiger partial charge in [0.15, 0.2) is 0 Å². The Balaban J connectivity index is 1.90. The van der Waals surface area contributed by atoms with E-state index in [-0.39, 0.29) is 5.91 Å². The van der Waals surface area contributed by atoms with Gasteiger partial charge in [-0.15, -0.1) is 0 Å². The van der Waals surface area contributed by atoms with Crippen LogP contribution in [0.2, 0.25) is 0 Å². The molecule has 0 aliphatic heterocycles. The third-order valence-electron chi connectivity index (χ3n) is 4.44. The summed E-state index contributed by atoms with van der Waals surface area (Å²) in [6.07, 6.45) is 0. The van der Waals surface area contributed by atoms with Gasteiger partial charge < -0.3 is 19.4 Å². The topological polar surface area (TPSA) is 52.5 Å². The molecule has 2 aromatic carbocycles. The summed E-state index contributed by atoms with van der Waals surface area (Å²) in [6.45, 7) is 6.39. The molecule has 0 aliphatic rings. The van der Waals surface area contributed by atoms with Crippen molar-refractivity contribution in [3.63, 3.8) is 0 Å². The first-order valence-electron chi connectivity index (χ1n) is 8.91. The lowest BCUT2D eigenvalue weighted by Crippen LogP contribution is -2.14. The zero-order valence-corrected chi connectivity index (χ0v) is 16.1. The van der Waals surface area contributed by atoms with E-state index in [0.29, 0.717) is 23.6 Å². The molecule has 3 rings (SSSR count). The quantitative estimate of drug-likeness (QED) is 0.686. The number of aryl methyl sites for hydroxylation is 1. The van der Waals surface area contributed by atoms with Gasteiger partial charge in [-0.3, -0.25) is 4.79 Å². The molecule has 1 N–H and O–H groups in total. The molecule has 0 spiro atoms. The maximum atomic E-state index is 12.9. The molecule has 0 aliphatic carbocycles. The van der Waals surface area contributed by atoms with E-state index in [0.717, 1.165) is 22.8 Å². The van der Waals surface area contributed by atoms with E-state index in [4.69, 9.17) is 9.47 Å². The van der Waals surface area contributed by atoms with Crippen LogP contribution in [-0.4, -0.2) is 24.2 Å². The highest BCUT2D eigenvalue weighted by atomic mass is 16.5. The van der Waals surface area contributed by atoms with Gasteiger partial charge in [0.2, 0.25) is 0 Å². The second-order valence-electron chi connectivity index (χ2n) is 6.20. The first-order valence-corrected chi connectivity index (χ1v) is 8.91. The molecule has 140 valence electrons. The summed E-state index contributed by atoms with van der Waals surface area (Å²) in [5, 5.41) is 2.97. The van der Waals surface area contributed by atoms with Crippen LogP contribution in [0.5, 0.6) is 11.5 Å². The number of para-hydroxylation sites is 2. The Morgan fingerprint density at radius 2 is 1.78 bits per heavy atom. The molecule has 27 heavy (non-hydrogen) atoms. The van der Waals surface area contributed by atoms with Gasteiger partial charge in [-0.25, -0.2) is 0 Å². The van der Waals surface area contributed by atoms with Crippen LogP contribution in [0, 0.1) is 13.8 Å². The van der Waals surface area contributed by atoms with Gasteiger partial charge in [0, 0.05) is 17.1 Å². The Bertz CT molecular complexity index is 943. The molecule has 1 amide bonds. The normalized spacial score (nSPS) is 10.5. The highest BCUT2D eigenvalue weighted by Gasteiger charge is 2.18. The number of aromatic nitrogens is 1. The van der Waals surface area contributed by atoms with Crippen molar-refractivity contribution in [3.8, 4) is 17.2 Å². The lowest BCUT2D eigenvalue weighted by atomic mass is 10.2. The fourth-order valence-electron chi connectivity index (χ4n) is 3.16. The average Bonchev–Trinajstić information content (AvgIpc) is 2.98. The fourth-order valence-corrected chi connectivity index (χ4v) is 3.16. The molecule has 1 heterocycles. The van der Waals surface area contributed by atoms with Crippen molar-refractivity contribution in [2.24, 2.45) is 0 Å². The molecule has 0 radical (unpaired) electrons. The number of hydrogen-bond donors (Lipinski definition) is 1. The van der Waals surface area contributed by atoms with Crippen molar-refractivity contribution in [3.05, 3.63) is 71.5 Å². The van der Waals surface area contributed by atoms with Gasteiger partial charge in [0.1, 0.15) is 11.5 Å². The molecule has 0 saturated carbocycles. The summed E-state index contributed by atoms with van der Waals surface area (Å²) in [5.74, 6) is 1.30. The maximum Gasteiger partial charge on any atom is 0.257 e. The number of anilines is 1. The first-order chi connectivity index (χ1) is 13.0. The van der Waals surface area contributed by atoms with E-state index in [1.54, 1.807) is 7.11 Å². The van der Waals surface area contributed by atoms with Crippen molar-refractivity contribution < 1.29 is 14.3 Å². The number of carbonyl (C=O) groups excluding carboxylic acids is 1. The van der Waals surface area contributed by atoms with E-state index >= 15 is 0 Å². The zero-order chi connectivity index (χ0) is 19.4. The predicted molar refractivity (Wildman–Crippen MR) is 107 cm³/mol. The van der Waals surface area contributed by atoms with Gasteiger partial charge >= 0.3 is 0 Å².